The first-order chi connectivity index (χ1) is 13.9. The zero-order valence-corrected chi connectivity index (χ0v) is 17.2. The van der Waals surface area contributed by atoms with Gasteiger partial charge in [-0.2, -0.15) is 0 Å². The molecule has 2 amide bonds. The fraction of sp³-hybridized carbons (Fsp3) is 0.0476. The molecule has 0 aliphatic rings. The number of nitrogens with one attached hydrogen (secondary N) is 2. The van der Waals surface area contributed by atoms with Gasteiger partial charge in [0.1, 0.15) is 5.82 Å². The SMILES string of the molecule is O=C(CSc1ccc(NC(=O)c2ccccc2F)cc1)Nc1ccc(Cl)c(Cl)c1. The van der Waals surface area contributed by atoms with E-state index < -0.39 is 11.7 Å². The molecule has 0 aliphatic carbocycles. The predicted molar refractivity (Wildman–Crippen MR) is 117 cm³/mol. The molecule has 0 spiro atoms. The van der Waals surface area contributed by atoms with Crippen LogP contribution < -0.4 is 10.6 Å². The van der Waals surface area contributed by atoms with Crippen LogP contribution in [0, 0.1) is 5.82 Å². The number of amides is 2. The Morgan fingerprint density at radius 1 is 0.862 bits per heavy atom. The normalized spacial score (nSPS) is 10.4. The van der Waals surface area contributed by atoms with E-state index in [4.69, 9.17) is 23.2 Å². The molecule has 0 atom stereocenters. The van der Waals surface area contributed by atoms with E-state index >= 15 is 0 Å². The first-order valence-corrected chi connectivity index (χ1v) is 10.2. The summed E-state index contributed by atoms with van der Waals surface area (Å²) in [6, 6.07) is 17.6. The van der Waals surface area contributed by atoms with Crippen LogP contribution in [-0.4, -0.2) is 17.6 Å². The Labute approximate surface area is 181 Å². The highest BCUT2D eigenvalue weighted by atomic mass is 35.5. The van der Waals surface area contributed by atoms with Gasteiger partial charge in [0.05, 0.1) is 21.4 Å². The van der Waals surface area contributed by atoms with Crippen molar-refractivity contribution in [3.05, 3.63) is 88.2 Å². The van der Waals surface area contributed by atoms with Crippen LogP contribution in [-0.2, 0) is 4.79 Å². The van der Waals surface area contributed by atoms with Gasteiger partial charge in [-0.3, -0.25) is 9.59 Å². The molecule has 148 valence electrons. The largest absolute Gasteiger partial charge is 0.325 e. The summed E-state index contributed by atoms with van der Waals surface area (Å²) in [6.45, 7) is 0. The molecule has 3 rings (SSSR count). The summed E-state index contributed by atoms with van der Waals surface area (Å²) in [5, 5.41) is 6.17. The molecule has 0 unspecified atom stereocenters. The second kappa shape index (κ2) is 9.78. The Bertz CT molecular complexity index is 1050. The van der Waals surface area contributed by atoms with Gasteiger partial charge in [-0.1, -0.05) is 35.3 Å². The first kappa shape index (κ1) is 21.2. The maximum atomic E-state index is 13.7. The molecular weight excluding hydrogens is 434 g/mol. The average molecular weight is 449 g/mol. The summed E-state index contributed by atoms with van der Waals surface area (Å²) in [7, 11) is 0. The molecule has 0 saturated carbocycles. The smallest absolute Gasteiger partial charge is 0.258 e. The third-order valence-corrected chi connectivity index (χ3v) is 5.56. The van der Waals surface area contributed by atoms with E-state index in [0.717, 1.165) is 4.90 Å². The van der Waals surface area contributed by atoms with Gasteiger partial charge in [0.2, 0.25) is 5.91 Å². The lowest BCUT2D eigenvalue weighted by Crippen LogP contribution is -2.14. The second-order valence-electron chi connectivity index (χ2n) is 5.92. The summed E-state index contributed by atoms with van der Waals surface area (Å²) >= 11 is 13.1. The number of thioether (sulfide) groups is 1. The van der Waals surface area contributed by atoms with Crippen LogP contribution >= 0.6 is 35.0 Å². The molecule has 0 aliphatic heterocycles. The minimum absolute atomic E-state index is 0.0232. The lowest BCUT2D eigenvalue weighted by molar-refractivity contribution is -0.113. The minimum atomic E-state index is -0.579. The molecular formula is C21H15Cl2FN2O2S. The number of hydrogen-bond donors (Lipinski definition) is 2. The van der Waals surface area contributed by atoms with Crippen molar-refractivity contribution < 1.29 is 14.0 Å². The van der Waals surface area contributed by atoms with Crippen molar-refractivity contribution in [2.24, 2.45) is 0 Å². The van der Waals surface area contributed by atoms with Crippen molar-refractivity contribution in [1.29, 1.82) is 0 Å². The predicted octanol–water partition coefficient (Wildman–Crippen LogP) is 6.12. The molecule has 0 aromatic heterocycles. The molecule has 29 heavy (non-hydrogen) atoms. The monoisotopic (exact) mass is 448 g/mol. The molecule has 0 bridgehead atoms. The topological polar surface area (TPSA) is 58.2 Å². The van der Waals surface area contributed by atoms with Gasteiger partial charge in [-0.05, 0) is 54.6 Å². The highest BCUT2D eigenvalue weighted by molar-refractivity contribution is 8.00. The van der Waals surface area contributed by atoms with Gasteiger partial charge in [-0.25, -0.2) is 4.39 Å². The van der Waals surface area contributed by atoms with E-state index in [0.29, 0.717) is 21.4 Å². The third kappa shape index (κ3) is 5.97. The number of hydrogen-bond acceptors (Lipinski definition) is 3. The van der Waals surface area contributed by atoms with Gasteiger partial charge in [0.25, 0.3) is 5.91 Å². The summed E-state index contributed by atoms with van der Waals surface area (Å²) in [5.74, 6) is -1.10. The van der Waals surface area contributed by atoms with Gasteiger partial charge >= 0.3 is 0 Å². The van der Waals surface area contributed by atoms with Gasteiger partial charge < -0.3 is 10.6 Å². The molecule has 3 aromatic carbocycles. The van der Waals surface area contributed by atoms with E-state index in [2.05, 4.69) is 10.6 Å². The van der Waals surface area contributed by atoms with Crippen LogP contribution in [0.15, 0.2) is 71.6 Å². The zero-order chi connectivity index (χ0) is 20.8. The number of halogens is 3. The maximum Gasteiger partial charge on any atom is 0.258 e. The Balaban J connectivity index is 1.52. The standard InChI is InChI=1S/C21H15Cl2FN2O2S/c22-17-10-7-14(11-18(17)23)25-20(27)12-29-15-8-5-13(6-9-15)26-21(28)16-3-1-2-4-19(16)24/h1-11H,12H2,(H,25,27)(H,26,28). The number of anilines is 2. The Morgan fingerprint density at radius 2 is 1.55 bits per heavy atom. The van der Waals surface area contributed by atoms with Crippen molar-refractivity contribution in [1.82, 2.24) is 0 Å². The fourth-order valence-corrected chi connectivity index (χ4v) is 3.39. The van der Waals surface area contributed by atoms with Crippen LogP contribution in [0.3, 0.4) is 0 Å². The van der Waals surface area contributed by atoms with E-state index in [-0.39, 0.29) is 17.2 Å². The van der Waals surface area contributed by atoms with Crippen LogP contribution in [0.5, 0.6) is 0 Å². The second-order valence-corrected chi connectivity index (χ2v) is 7.79. The van der Waals surface area contributed by atoms with Crippen LogP contribution in [0.25, 0.3) is 0 Å². The highest BCUT2D eigenvalue weighted by Gasteiger charge is 2.11. The van der Waals surface area contributed by atoms with Gasteiger partial charge in [0.15, 0.2) is 0 Å². The lowest BCUT2D eigenvalue weighted by atomic mass is 10.2. The molecule has 0 radical (unpaired) electrons. The highest BCUT2D eigenvalue weighted by Crippen LogP contribution is 2.26. The summed E-state index contributed by atoms with van der Waals surface area (Å²) < 4.78 is 13.7. The lowest BCUT2D eigenvalue weighted by Gasteiger charge is -2.08. The first-order valence-electron chi connectivity index (χ1n) is 8.46. The molecule has 0 heterocycles. The Hall–Kier alpha value is -2.54. The molecule has 0 saturated heterocycles. The van der Waals surface area contributed by atoms with E-state index in [1.165, 1.54) is 30.0 Å². The Kier molecular flexibility index (Phi) is 7.14. The third-order valence-electron chi connectivity index (χ3n) is 3.80. The van der Waals surface area contributed by atoms with Gasteiger partial charge in [0, 0.05) is 16.3 Å². The molecule has 3 aromatic rings. The van der Waals surface area contributed by atoms with E-state index in [1.807, 2.05) is 0 Å². The van der Waals surface area contributed by atoms with Crippen LogP contribution in [0.2, 0.25) is 10.0 Å². The Morgan fingerprint density at radius 3 is 2.24 bits per heavy atom. The molecule has 8 heteroatoms. The van der Waals surface area contributed by atoms with E-state index in [1.54, 1.807) is 48.5 Å². The number of carbonyl (C=O) groups is 2. The molecule has 0 fully saturated rings. The van der Waals surface area contributed by atoms with Gasteiger partial charge in [-0.15, -0.1) is 11.8 Å². The van der Waals surface area contributed by atoms with Crippen molar-refractivity contribution in [2.75, 3.05) is 16.4 Å². The number of carbonyl (C=O) groups excluding carboxylic acids is 2. The number of rotatable bonds is 6. The van der Waals surface area contributed by atoms with Crippen molar-refractivity contribution in [3.63, 3.8) is 0 Å². The van der Waals surface area contributed by atoms with Crippen molar-refractivity contribution in [2.45, 2.75) is 4.90 Å². The quantitative estimate of drug-likeness (QED) is 0.446. The van der Waals surface area contributed by atoms with Crippen LogP contribution in [0.4, 0.5) is 15.8 Å². The maximum absolute atomic E-state index is 13.7. The van der Waals surface area contributed by atoms with Crippen LogP contribution in [0.1, 0.15) is 10.4 Å². The van der Waals surface area contributed by atoms with E-state index in [9.17, 15) is 14.0 Å². The molecule has 2 N–H and O–H groups in total. The summed E-state index contributed by atoms with van der Waals surface area (Å²) in [6.07, 6.45) is 0. The zero-order valence-electron chi connectivity index (χ0n) is 14.9. The summed E-state index contributed by atoms with van der Waals surface area (Å²) in [5.41, 5.74) is 1.07. The molecule has 4 nitrogen and oxygen atoms in total. The fourth-order valence-electron chi connectivity index (χ4n) is 2.40. The van der Waals surface area contributed by atoms with Crippen molar-refractivity contribution in [3.8, 4) is 0 Å². The van der Waals surface area contributed by atoms with Crippen molar-refractivity contribution >= 4 is 58.2 Å². The summed E-state index contributed by atoms with van der Waals surface area (Å²) in [4.78, 5) is 25.1. The number of benzene rings is 3. The average Bonchev–Trinajstić information content (AvgIpc) is 2.70. The minimum Gasteiger partial charge on any atom is -0.325 e.